The van der Waals surface area contributed by atoms with Crippen LogP contribution in [-0.2, 0) is 16.1 Å². The van der Waals surface area contributed by atoms with Gasteiger partial charge in [-0.1, -0.05) is 12.1 Å². The Hall–Kier alpha value is -1.89. The number of carbonyl (C=O) groups is 1. The highest BCUT2D eigenvalue weighted by Gasteiger charge is 2.47. The summed E-state index contributed by atoms with van der Waals surface area (Å²) in [6.45, 7) is 7.14. The molecule has 2 aromatic rings. The van der Waals surface area contributed by atoms with Crippen molar-refractivity contribution in [2.45, 2.75) is 31.8 Å². The molecule has 1 atom stereocenters. The van der Waals surface area contributed by atoms with E-state index in [-0.39, 0.29) is 6.04 Å². The smallest absolute Gasteiger partial charge is 0.240 e. The normalized spacial score (nSPS) is 25.8. The van der Waals surface area contributed by atoms with Crippen LogP contribution in [0.3, 0.4) is 0 Å². The van der Waals surface area contributed by atoms with Gasteiger partial charge >= 0.3 is 0 Å². The summed E-state index contributed by atoms with van der Waals surface area (Å²) in [5.41, 5.74) is 2.93. The number of nitrogens with zero attached hydrogens (tertiary/aromatic N) is 3. The molecular formula is C23H32N4O2. The van der Waals surface area contributed by atoms with Gasteiger partial charge < -0.3 is 14.6 Å². The molecule has 156 valence electrons. The Morgan fingerprint density at radius 2 is 1.97 bits per heavy atom. The highest BCUT2D eigenvalue weighted by atomic mass is 16.5. The third-order valence-corrected chi connectivity index (χ3v) is 7.35. The van der Waals surface area contributed by atoms with E-state index in [1.807, 2.05) is 11.1 Å². The van der Waals surface area contributed by atoms with E-state index in [1.54, 1.807) is 0 Å². The summed E-state index contributed by atoms with van der Waals surface area (Å²) in [5.74, 6) is 0.314. The van der Waals surface area contributed by atoms with Gasteiger partial charge in [-0.3, -0.25) is 14.6 Å². The molecule has 1 spiro atoms. The van der Waals surface area contributed by atoms with Crippen LogP contribution in [0, 0.1) is 5.41 Å². The first kappa shape index (κ1) is 19.1. The molecule has 1 aromatic carbocycles. The van der Waals surface area contributed by atoms with Gasteiger partial charge in [-0.2, -0.15) is 0 Å². The number of likely N-dealkylation sites (tertiary alicyclic amines) is 2. The molecule has 6 nitrogen and oxygen atoms in total. The number of nitrogens with one attached hydrogen (secondary N) is 1. The van der Waals surface area contributed by atoms with E-state index in [0.29, 0.717) is 24.5 Å². The molecule has 0 bridgehead atoms. The molecule has 0 saturated carbocycles. The van der Waals surface area contributed by atoms with Crippen LogP contribution in [0.4, 0.5) is 0 Å². The summed E-state index contributed by atoms with van der Waals surface area (Å²) < 4.78 is 5.42. The lowest BCUT2D eigenvalue weighted by molar-refractivity contribution is -0.139. The van der Waals surface area contributed by atoms with E-state index < -0.39 is 0 Å². The van der Waals surface area contributed by atoms with Crippen molar-refractivity contribution < 1.29 is 9.53 Å². The molecule has 4 heterocycles. The first-order valence-electron chi connectivity index (χ1n) is 11.0. The van der Waals surface area contributed by atoms with E-state index in [9.17, 15) is 4.79 Å². The molecule has 0 aliphatic carbocycles. The number of benzene rings is 1. The zero-order chi connectivity index (χ0) is 19.8. The molecule has 1 unspecified atom stereocenters. The lowest BCUT2D eigenvalue weighted by atomic mass is 9.76. The van der Waals surface area contributed by atoms with E-state index in [1.165, 1.54) is 29.3 Å². The van der Waals surface area contributed by atoms with Gasteiger partial charge in [0.15, 0.2) is 0 Å². The summed E-state index contributed by atoms with van der Waals surface area (Å²) in [4.78, 5) is 23.3. The van der Waals surface area contributed by atoms with Gasteiger partial charge in [-0.25, -0.2) is 0 Å². The predicted molar refractivity (Wildman–Crippen MR) is 114 cm³/mol. The quantitative estimate of drug-likeness (QED) is 0.865. The largest absolute Gasteiger partial charge is 0.378 e. The van der Waals surface area contributed by atoms with Crippen molar-refractivity contribution in [3.63, 3.8) is 0 Å². The number of hydrogen-bond donors (Lipinski definition) is 1. The fourth-order valence-corrected chi connectivity index (χ4v) is 5.62. The molecule has 1 aromatic heterocycles. The van der Waals surface area contributed by atoms with Gasteiger partial charge in [0.25, 0.3) is 0 Å². The fourth-order valence-electron chi connectivity index (χ4n) is 5.62. The predicted octanol–water partition coefficient (Wildman–Crippen LogP) is 2.31. The van der Waals surface area contributed by atoms with Gasteiger partial charge in [0, 0.05) is 43.3 Å². The summed E-state index contributed by atoms with van der Waals surface area (Å²) in [6, 6.07) is 8.77. The van der Waals surface area contributed by atoms with E-state index >= 15 is 0 Å². The Bertz CT molecular complexity index is 865. The minimum Gasteiger partial charge on any atom is -0.378 e. The van der Waals surface area contributed by atoms with Crippen molar-refractivity contribution in [2.75, 3.05) is 53.0 Å². The number of aromatic amines is 1. The number of carbonyl (C=O) groups excluding carboxylic acids is 1. The number of piperidine rings is 1. The number of fused-ring (bicyclic) bond motifs is 1. The topological polar surface area (TPSA) is 51.8 Å². The Kier molecular flexibility index (Phi) is 5.10. The van der Waals surface area contributed by atoms with Crippen molar-refractivity contribution in [2.24, 2.45) is 5.41 Å². The van der Waals surface area contributed by atoms with Crippen LogP contribution in [0.25, 0.3) is 10.9 Å². The number of hydrogen-bond acceptors (Lipinski definition) is 4. The second kappa shape index (κ2) is 7.74. The summed E-state index contributed by atoms with van der Waals surface area (Å²) >= 11 is 0. The molecule has 3 saturated heterocycles. The number of H-pyrrole nitrogens is 1. The number of morpholine rings is 1. The molecule has 29 heavy (non-hydrogen) atoms. The molecule has 1 amide bonds. The molecule has 1 N–H and O–H groups in total. The minimum absolute atomic E-state index is 0.0493. The van der Waals surface area contributed by atoms with Crippen LogP contribution in [0.15, 0.2) is 30.5 Å². The molecule has 0 radical (unpaired) electrons. The molecule has 5 rings (SSSR count). The van der Waals surface area contributed by atoms with Crippen LogP contribution in [0.2, 0.25) is 0 Å². The van der Waals surface area contributed by atoms with Crippen LogP contribution in [-0.4, -0.2) is 84.6 Å². The summed E-state index contributed by atoms with van der Waals surface area (Å²) in [7, 11) is 2.14. The van der Waals surface area contributed by atoms with Crippen molar-refractivity contribution in [1.82, 2.24) is 19.7 Å². The van der Waals surface area contributed by atoms with Crippen LogP contribution < -0.4 is 0 Å². The van der Waals surface area contributed by atoms with Gasteiger partial charge in [-0.05, 0) is 62.5 Å². The lowest BCUT2D eigenvalue weighted by Gasteiger charge is -2.39. The van der Waals surface area contributed by atoms with Crippen molar-refractivity contribution in [3.05, 3.63) is 36.0 Å². The lowest BCUT2D eigenvalue weighted by Crippen LogP contribution is -2.48. The van der Waals surface area contributed by atoms with Gasteiger partial charge in [0.2, 0.25) is 5.91 Å². The fraction of sp³-hybridized carbons (Fsp3) is 0.609. The van der Waals surface area contributed by atoms with Gasteiger partial charge in [0.05, 0.1) is 19.3 Å². The molecular weight excluding hydrogens is 364 g/mol. The maximum Gasteiger partial charge on any atom is 0.240 e. The van der Waals surface area contributed by atoms with E-state index in [0.717, 1.165) is 45.7 Å². The average Bonchev–Trinajstić information content (AvgIpc) is 3.35. The van der Waals surface area contributed by atoms with Crippen LogP contribution in [0.5, 0.6) is 0 Å². The minimum atomic E-state index is 0.0493. The van der Waals surface area contributed by atoms with E-state index in [4.69, 9.17) is 4.74 Å². The zero-order valence-electron chi connectivity index (χ0n) is 17.4. The standard InChI is InChI=1S/C23H32N4O2/c1-25-17-23(15-21(25)22(28)27-11-13-29-14-12-27)6-9-26(10-7-23)16-18-3-2-4-20-19(18)5-8-24-20/h2-5,8,21,24H,6-7,9-17H2,1H3. The maximum atomic E-state index is 13.1. The third-order valence-electron chi connectivity index (χ3n) is 7.35. The third kappa shape index (κ3) is 3.69. The second-order valence-electron chi connectivity index (χ2n) is 9.20. The van der Waals surface area contributed by atoms with Gasteiger partial charge in [-0.15, -0.1) is 0 Å². The Balaban J connectivity index is 1.21. The number of ether oxygens (including phenoxy) is 1. The SMILES string of the molecule is CN1CC2(CCN(Cc3cccc4[nH]ccc34)CC2)CC1C(=O)N1CCOCC1. The summed E-state index contributed by atoms with van der Waals surface area (Å²) in [6.07, 6.45) is 5.42. The second-order valence-corrected chi connectivity index (χ2v) is 9.20. The van der Waals surface area contributed by atoms with Crippen LogP contribution >= 0.6 is 0 Å². The molecule has 3 aliphatic rings. The van der Waals surface area contributed by atoms with Crippen LogP contribution in [0.1, 0.15) is 24.8 Å². The molecule has 6 heteroatoms. The highest BCUT2D eigenvalue weighted by Crippen LogP contribution is 2.43. The molecule has 3 aliphatic heterocycles. The number of rotatable bonds is 3. The number of likely N-dealkylation sites (N-methyl/N-ethyl adjacent to an activating group) is 1. The average molecular weight is 397 g/mol. The monoisotopic (exact) mass is 396 g/mol. The Labute approximate surface area is 172 Å². The highest BCUT2D eigenvalue weighted by molar-refractivity contribution is 5.83. The van der Waals surface area contributed by atoms with Crippen molar-refractivity contribution in [1.29, 1.82) is 0 Å². The van der Waals surface area contributed by atoms with Crippen molar-refractivity contribution >= 4 is 16.8 Å². The Morgan fingerprint density at radius 1 is 1.17 bits per heavy atom. The number of amides is 1. The maximum absolute atomic E-state index is 13.1. The summed E-state index contributed by atoms with van der Waals surface area (Å²) in [5, 5.41) is 1.34. The van der Waals surface area contributed by atoms with E-state index in [2.05, 4.69) is 46.1 Å². The molecule has 3 fully saturated rings. The zero-order valence-corrected chi connectivity index (χ0v) is 17.4. The van der Waals surface area contributed by atoms with Gasteiger partial charge in [0.1, 0.15) is 0 Å². The first-order valence-corrected chi connectivity index (χ1v) is 11.0. The Morgan fingerprint density at radius 3 is 2.76 bits per heavy atom. The van der Waals surface area contributed by atoms with Crippen molar-refractivity contribution in [3.8, 4) is 0 Å². The first-order chi connectivity index (χ1) is 14.1. The number of aromatic nitrogens is 1.